The molecule has 0 unspecified atom stereocenters. The van der Waals surface area contributed by atoms with Crippen LogP contribution in [0.4, 0.5) is 5.69 Å². The van der Waals surface area contributed by atoms with Crippen LogP contribution in [-0.2, 0) is 4.79 Å². The van der Waals surface area contributed by atoms with Crippen LogP contribution in [0.2, 0.25) is 5.02 Å². The lowest BCUT2D eigenvalue weighted by Crippen LogP contribution is -2.13. The Morgan fingerprint density at radius 3 is 2.76 bits per heavy atom. The number of nitrogens with zero attached hydrogens (tertiary/aromatic N) is 1. The molecule has 7 heteroatoms. The van der Waals surface area contributed by atoms with Crippen LogP contribution < -0.4 is 10.1 Å². The van der Waals surface area contributed by atoms with E-state index in [4.69, 9.17) is 16.3 Å². The molecule has 4 nitrogen and oxygen atoms in total. The Bertz CT molecular complexity index is 876. The van der Waals surface area contributed by atoms with Crippen molar-refractivity contribution in [1.29, 1.82) is 5.26 Å². The van der Waals surface area contributed by atoms with E-state index in [0.29, 0.717) is 28.6 Å². The van der Waals surface area contributed by atoms with Crippen molar-refractivity contribution in [2.45, 2.75) is 6.92 Å². The number of anilines is 1. The maximum absolute atomic E-state index is 12.4. The molecule has 0 heterocycles. The summed E-state index contributed by atoms with van der Waals surface area (Å²) in [7, 11) is 0. The summed E-state index contributed by atoms with van der Waals surface area (Å²) in [5.41, 5.74) is 1.07. The fourth-order valence-corrected chi connectivity index (χ4v) is 3.62. The molecule has 0 aliphatic carbocycles. The van der Waals surface area contributed by atoms with Crippen molar-refractivity contribution < 1.29 is 9.53 Å². The van der Waals surface area contributed by atoms with Gasteiger partial charge in [0, 0.05) is 20.7 Å². The first kappa shape index (κ1) is 19.5. The Balaban J connectivity index is 2.37. The number of hydrogen-bond acceptors (Lipinski definition) is 3. The smallest absolute Gasteiger partial charge is 0.266 e. The zero-order valence-electron chi connectivity index (χ0n) is 13.1. The van der Waals surface area contributed by atoms with Crippen LogP contribution in [0, 0.1) is 11.3 Å². The van der Waals surface area contributed by atoms with Gasteiger partial charge in [-0.05, 0) is 59.3 Å². The van der Waals surface area contributed by atoms with E-state index in [1.54, 1.807) is 30.3 Å². The van der Waals surface area contributed by atoms with Crippen molar-refractivity contribution >= 4 is 61.1 Å². The quantitative estimate of drug-likeness (QED) is 0.430. The maximum Gasteiger partial charge on any atom is 0.266 e. The zero-order valence-corrected chi connectivity index (χ0v) is 17.1. The van der Waals surface area contributed by atoms with Gasteiger partial charge in [-0.2, -0.15) is 5.26 Å². The largest absolute Gasteiger partial charge is 0.492 e. The topological polar surface area (TPSA) is 62.1 Å². The first-order valence-corrected chi connectivity index (χ1v) is 9.21. The molecule has 25 heavy (non-hydrogen) atoms. The number of nitriles is 1. The summed E-state index contributed by atoms with van der Waals surface area (Å²) in [4.78, 5) is 12.4. The first-order chi connectivity index (χ1) is 11.9. The molecule has 0 bridgehead atoms. The van der Waals surface area contributed by atoms with Crippen molar-refractivity contribution in [3.05, 3.63) is 61.5 Å². The van der Waals surface area contributed by atoms with Crippen LogP contribution in [0.25, 0.3) is 6.08 Å². The molecular weight excluding hydrogens is 471 g/mol. The van der Waals surface area contributed by atoms with Gasteiger partial charge in [0.05, 0.1) is 11.1 Å². The minimum atomic E-state index is -0.525. The molecular formula is C18H13Br2ClN2O2. The van der Waals surface area contributed by atoms with Crippen molar-refractivity contribution in [3.8, 4) is 11.8 Å². The van der Waals surface area contributed by atoms with Gasteiger partial charge in [0.15, 0.2) is 0 Å². The van der Waals surface area contributed by atoms with Crippen molar-refractivity contribution in [3.63, 3.8) is 0 Å². The van der Waals surface area contributed by atoms with Gasteiger partial charge in [-0.3, -0.25) is 4.79 Å². The molecule has 0 aliphatic rings. The maximum atomic E-state index is 12.4. The molecule has 0 saturated heterocycles. The Hall–Kier alpha value is -1.81. The van der Waals surface area contributed by atoms with Crippen molar-refractivity contribution in [2.75, 3.05) is 11.9 Å². The van der Waals surface area contributed by atoms with Crippen molar-refractivity contribution in [1.82, 2.24) is 0 Å². The molecule has 0 atom stereocenters. The van der Waals surface area contributed by atoms with E-state index < -0.39 is 5.91 Å². The second-order valence-corrected chi connectivity index (χ2v) is 7.08. The highest BCUT2D eigenvalue weighted by atomic mass is 79.9. The molecule has 0 spiro atoms. The van der Waals surface area contributed by atoms with E-state index in [2.05, 4.69) is 37.2 Å². The highest BCUT2D eigenvalue weighted by molar-refractivity contribution is 9.11. The summed E-state index contributed by atoms with van der Waals surface area (Å²) in [5.74, 6) is 0.0392. The lowest BCUT2D eigenvalue weighted by Gasteiger charge is -2.11. The SMILES string of the molecule is CCOc1c(Br)cc(Br)cc1/C=C(\C#N)C(=O)Nc1cccc(Cl)c1. The van der Waals surface area contributed by atoms with E-state index in [1.807, 2.05) is 19.1 Å². The predicted molar refractivity (Wildman–Crippen MR) is 107 cm³/mol. The van der Waals surface area contributed by atoms with E-state index in [-0.39, 0.29) is 5.57 Å². The van der Waals surface area contributed by atoms with Gasteiger partial charge in [-0.1, -0.05) is 33.6 Å². The summed E-state index contributed by atoms with van der Waals surface area (Å²) in [6.07, 6.45) is 1.49. The molecule has 0 saturated carbocycles. The van der Waals surface area contributed by atoms with Gasteiger partial charge in [0.25, 0.3) is 5.91 Å². The van der Waals surface area contributed by atoms with Crippen LogP contribution in [-0.4, -0.2) is 12.5 Å². The number of benzene rings is 2. The summed E-state index contributed by atoms with van der Waals surface area (Å²) in [5, 5.41) is 12.5. The second kappa shape index (κ2) is 9.04. The van der Waals surface area contributed by atoms with E-state index in [0.717, 1.165) is 8.95 Å². The summed E-state index contributed by atoms with van der Waals surface area (Å²) in [6, 6.07) is 12.3. The average Bonchev–Trinajstić information content (AvgIpc) is 2.55. The molecule has 0 aliphatic heterocycles. The van der Waals surface area contributed by atoms with Crippen LogP contribution in [0.5, 0.6) is 5.75 Å². The molecule has 1 N–H and O–H groups in total. The predicted octanol–water partition coefficient (Wildman–Crippen LogP) is 5.81. The second-order valence-electron chi connectivity index (χ2n) is 4.87. The molecule has 2 aromatic carbocycles. The lowest BCUT2D eigenvalue weighted by atomic mass is 10.1. The van der Waals surface area contributed by atoms with Crippen LogP contribution in [0.1, 0.15) is 12.5 Å². The number of ether oxygens (including phenoxy) is 1. The van der Waals surface area contributed by atoms with Crippen LogP contribution in [0.15, 0.2) is 50.9 Å². The van der Waals surface area contributed by atoms with E-state index in [9.17, 15) is 10.1 Å². The molecule has 1 amide bonds. The summed E-state index contributed by atoms with van der Waals surface area (Å²) in [6.45, 7) is 2.32. The Kier molecular flexibility index (Phi) is 7.06. The highest BCUT2D eigenvalue weighted by Gasteiger charge is 2.14. The monoisotopic (exact) mass is 482 g/mol. The number of carbonyl (C=O) groups excluding carboxylic acids is 1. The van der Waals surface area contributed by atoms with E-state index in [1.165, 1.54) is 6.08 Å². The number of nitrogens with one attached hydrogen (secondary N) is 1. The third-order valence-corrected chi connectivity index (χ3v) is 4.36. The average molecular weight is 485 g/mol. The van der Waals surface area contributed by atoms with E-state index >= 15 is 0 Å². The minimum Gasteiger partial charge on any atom is -0.492 e. The number of rotatable bonds is 5. The Morgan fingerprint density at radius 1 is 1.36 bits per heavy atom. The zero-order chi connectivity index (χ0) is 18.4. The van der Waals surface area contributed by atoms with Crippen molar-refractivity contribution in [2.24, 2.45) is 0 Å². The Morgan fingerprint density at radius 2 is 2.12 bits per heavy atom. The summed E-state index contributed by atoms with van der Waals surface area (Å²) >= 11 is 12.7. The minimum absolute atomic E-state index is 0.0501. The van der Waals surface area contributed by atoms with Gasteiger partial charge in [-0.25, -0.2) is 0 Å². The number of amides is 1. The molecule has 128 valence electrons. The number of halogens is 3. The molecule has 0 aromatic heterocycles. The van der Waals surface area contributed by atoms with Gasteiger partial charge >= 0.3 is 0 Å². The number of carbonyl (C=O) groups is 1. The molecule has 0 radical (unpaired) electrons. The molecule has 2 rings (SSSR count). The fourth-order valence-electron chi connectivity index (χ4n) is 2.05. The Labute approximate surface area is 167 Å². The fraction of sp³-hybridized carbons (Fsp3) is 0.111. The van der Waals surface area contributed by atoms with Gasteiger partial charge in [0.1, 0.15) is 17.4 Å². The van der Waals surface area contributed by atoms with Crippen LogP contribution in [0.3, 0.4) is 0 Å². The normalized spacial score (nSPS) is 10.9. The van der Waals surface area contributed by atoms with Gasteiger partial charge in [0.2, 0.25) is 0 Å². The third-order valence-electron chi connectivity index (χ3n) is 3.07. The molecule has 0 fully saturated rings. The third kappa shape index (κ3) is 5.33. The van der Waals surface area contributed by atoms with Crippen LogP contribution >= 0.6 is 43.5 Å². The lowest BCUT2D eigenvalue weighted by molar-refractivity contribution is -0.112. The molecule has 2 aromatic rings. The van der Waals surface area contributed by atoms with Gasteiger partial charge < -0.3 is 10.1 Å². The number of hydrogen-bond donors (Lipinski definition) is 1. The highest BCUT2D eigenvalue weighted by Crippen LogP contribution is 2.34. The standard InChI is InChI=1S/C18H13Br2ClN2O2/c1-2-25-17-11(7-13(19)8-16(17)20)6-12(10-22)18(24)23-15-5-3-4-14(21)9-15/h3-9H,2H2,1H3,(H,23,24)/b12-6+. The first-order valence-electron chi connectivity index (χ1n) is 7.25. The van der Waals surface area contributed by atoms with Gasteiger partial charge in [-0.15, -0.1) is 0 Å². The summed E-state index contributed by atoms with van der Waals surface area (Å²) < 4.78 is 7.13.